The van der Waals surface area contributed by atoms with Crippen molar-refractivity contribution in [2.45, 2.75) is 52.6 Å². The molecule has 0 bridgehead atoms. The minimum atomic E-state index is -0.639. The Morgan fingerprint density at radius 2 is 1.94 bits per heavy atom. The average Bonchev–Trinajstić information content (AvgIpc) is 2.15. The highest BCUT2D eigenvalue weighted by molar-refractivity contribution is 5.66. The van der Waals surface area contributed by atoms with Crippen molar-refractivity contribution in [1.82, 2.24) is 0 Å². The van der Waals surface area contributed by atoms with Gasteiger partial charge in [0.1, 0.15) is 6.29 Å². The van der Waals surface area contributed by atoms with Gasteiger partial charge in [0, 0.05) is 5.92 Å². The van der Waals surface area contributed by atoms with Crippen molar-refractivity contribution in [2.75, 3.05) is 0 Å². The number of carbonyl (C=O) groups excluding carboxylic acids is 1. The number of aldehydes is 1. The van der Waals surface area contributed by atoms with E-state index in [0.717, 1.165) is 31.1 Å². The van der Waals surface area contributed by atoms with Crippen LogP contribution in [0.4, 0.5) is 0 Å². The first-order valence-corrected chi connectivity index (χ1v) is 6.32. The minimum absolute atomic E-state index is 0.111. The predicted molar refractivity (Wildman–Crippen MR) is 70.7 cm³/mol. The van der Waals surface area contributed by atoms with Gasteiger partial charge in [-0.2, -0.15) is 0 Å². The van der Waals surface area contributed by atoms with Crippen LogP contribution in [0.1, 0.15) is 47.0 Å². The maximum atomic E-state index is 10.5. The summed E-state index contributed by atoms with van der Waals surface area (Å²) in [6.07, 6.45) is 9.41. The molecular weight excluding hydrogens is 212 g/mol. The summed E-state index contributed by atoms with van der Waals surface area (Å²) in [4.78, 5) is 10.4. The maximum absolute atomic E-state index is 10.5. The number of carbonyl (C=O) groups is 1. The zero-order valence-corrected chi connectivity index (χ0v) is 11.4. The lowest BCUT2D eigenvalue weighted by Crippen LogP contribution is -2.45. The van der Waals surface area contributed by atoms with Gasteiger partial charge in [-0.1, -0.05) is 32.4 Å². The van der Waals surface area contributed by atoms with Crippen molar-refractivity contribution >= 4 is 6.29 Å². The van der Waals surface area contributed by atoms with E-state index in [4.69, 9.17) is 0 Å². The SMILES string of the molecule is CC(C=CC1C(C)(C)CCCC1(C)O)=CC=O. The number of aliphatic hydroxyl groups is 1. The zero-order valence-electron chi connectivity index (χ0n) is 11.4. The molecule has 2 unspecified atom stereocenters. The molecule has 17 heavy (non-hydrogen) atoms. The average molecular weight is 236 g/mol. The highest BCUT2D eigenvalue weighted by Gasteiger charge is 2.43. The molecule has 0 aromatic heterocycles. The molecule has 0 aromatic carbocycles. The lowest BCUT2D eigenvalue weighted by molar-refractivity contribution is -0.104. The number of rotatable bonds is 3. The summed E-state index contributed by atoms with van der Waals surface area (Å²) in [5, 5.41) is 10.5. The van der Waals surface area contributed by atoms with Crippen LogP contribution >= 0.6 is 0 Å². The molecule has 0 heterocycles. The summed E-state index contributed by atoms with van der Waals surface area (Å²) in [5.41, 5.74) is 0.400. The molecule has 1 aliphatic rings. The molecule has 0 radical (unpaired) electrons. The van der Waals surface area contributed by atoms with Crippen LogP contribution in [0.3, 0.4) is 0 Å². The van der Waals surface area contributed by atoms with Crippen LogP contribution in [0.25, 0.3) is 0 Å². The standard InChI is InChI=1S/C15H24O2/c1-12(8-11-16)6-7-13-14(2,3)9-5-10-15(13,4)17/h6-8,11,13,17H,5,9-10H2,1-4H3. The van der Waals surface area contributed by atoms with Gasteiger partial charge in [0.05, 0.1) is 5.60 Å². The van der Waals surface area contributed by atoms with E-state index in [-0.39, 0.29) is 11.3 Å². The first-order valence-electron chi connectivity index (χ1n) is 6.32. The topological polar surface area (TPSA) is 37.3 Å². The molecule has 1 N–H and O–H groups in total. The van der Waals surface area contributed by atoms with Gasteiger partial charge in [-0.3, -0.25) is 4.79 Å². The van der Waals surface area contributed by atoms with Gasteiger partial charge in [0.2, 0.25) is 0 Å². The van der Waals surface area contributed by atoms with Crippen molar-refractivity contribution in [3.8, 4) is 0 Å². The van der Waals surface area contributed by atoms with Crippen molar-refractivity contribution in [3.63, 3.8) is 0 Å². The van der Waals surface area contributed by atoms with Gasteiger partial charge >= 0.3 is 0 Å². The molecule has 2 heteroatoms. The quantitative estimate of drug-likeness (QED) is 0.464. The summed E-state index contributed by atoms with van der Waals surface area (Å²) in [6.45, 7) is 8.22. The van der Waals surface area contributed by atoms with E-state index in [9.17, 15) is 9.90 Å². The Hall–Kier alpha value is -0.890. The first kappa shape index (κ1) is 14.2. The molecular formula is C15H24O2. The normalized spacial score (nSPS) is 33.9. The Labute approximate surface area is 104 Å². The lowest BCUT2D eigenvalue weighted by Gasteiger charge is -2.46. The second-order valence-electron chi connectivity index (χ2n) is 6.08. The van der Waals surface area contributed by atoms with Gasteiger partial charge in [-0.15, -0.1) is 0 Å². The minimum Gasteiger partial charge on any atom is -0.390 e. The van der Waals surface area contributed by atoms with Crippen LogP contribution in [0, 0.1) is 11.3 Å². The van der Waals surface area contributed by atoms with E-state index in [1.165, 1.54) is 0 Å². The Morgan fingerprint density at radius 3 is 2.47 bits per heavy atom. The van der Waals surface area contributed by atoms with Crippen LogP contribution in [0.5, 0.6) is 0 Å². The van der Waals surface area contributed by atoms with Crippen LogP contribution in [0.15, 0.2) is 23.8 Å². The third kappa shape index (κ3) is 3.53. The van der Waals surface area contributed by atoms with Gasteiger partial charge in [-0.05, 0) is 43.8 Å². The third-order valence-corrected chi connectivity index (χ3v) is 3.90. The van der Waals surface area contributed by atoms with Gasteiger partial charge in [-0.25, -0.2) is 0 Å². The molecule has 1 aliphatic carbocycles. The Morgan fingerprint density at radius 1 is 1.29 bits per heavy atom. The second-order valence-corrected chi connectivity index (χ2v) is 6.08. The molecule has 0 spiro atoms. The fourth-order valence-corrected chi connectivity index (χ4v) is 2.93. The highest BCUT2D eigenvalue weighted by Crippen LogP contribution is 2.46. The van der Waals surface area contributed by atoms with Crippen LogP contribution in [0.2, 0.25) is 0 Å². The summed E-state index contributed by atoms with van der Waals surface area (Å²) in [7, 11) is 0. The fraction of sp³-hybridized carbons (Fsp3) is 0.667. The number of allylic oxidation sites excluding steroid dienone is 3. The molecule has 2 nitrogen and oxygen atoms in total. The van der Waals surface area contributed by atoms with E-state index < -0.39 is 5.60 Å². The fourth-order valence-electron chi connectivity index (χ4n) is 2.93. The molecule has 1 rings (SSSR count). The second kappa shape index (κ2) is 5.18. The zero-order chi connectivity index (χ0) is 13.1. The van der Waals surface area contributed by atoms with E-state index in [1.54, 1.807) is 6.08 Å². The smallest absolute Gasteiger partial charge is 0.143 e. The van der Waals surface area contributed by atoms with Gasteiger partial charge in [0.25, 0.3) is 0 Å². The van der Waals surface area contributed by atoms with Crippen molar-refractivity contribution in [1.29, 1.82) is 0 Å². The summed E-state index contributed by atoms with van der Waals surface area (Å²) in [5.74, 6) is 0.138. The van der Waals surface area contributed by atoms with Crippen molar-refractivity contribution < 1.29 is 9.90 Å². The van der Waals surface area contributed by atoms with Crippen LogP contribution < -0.4 is 0 Å². The summed E-state index contributed by atoms with van der Waals surface area (Å²) >= 11 is 0. The first-order chi connectivity index (χ1) is 7.79. The number of hydrogen-bond donors (Lipinski definition) is 1. The van der Waals surface area contributed by atoms with Gasteiger partial charge in [0.15, 0.2) is 0 Å². The van der Waals surface area contributed by atoms with Gasteiger partial charge < -0.3 is 5.11 Å². The molecule has 0 aliphatic heterocycles. The Kier molecular flexibility index (Phi) is 4.31. The lowest BCUT2D eigenvalue weighted by atomic mass is 9.62. The number of hydrogen-bond acceptors (Lipinski definition) is 2. The van der Waals surface area contributed by atoms with E-state index >= 15 is 0 Å². The molecule has 0 amide bonds. The monoisotopic (exact) mass is 236 g/mol. The molecule has 1 fully saturated rings. The molecule has 1 saturated carbocycles. The van der Waals surface area contributed by atoms with Crippen LogP contribution in [-0.2, 0) is 4.79 Å². The Bertz CT molecular complexity index is 319. The van der Waals surface area contributed by atoms with Crippen molar-refractivity contribution in [3.05, 3.63) is 23.8 Å². The van der Waals surface area contributed by atoms with E-state index in [0.29, 0.717) is 0 Å². The molecule has 2 atom stereocenters. The summed E-state index contributed by atoms with van der Waals surface area (Å²) in [6, 6.07) is 0. The van der Waals surface area contributed by atoms with Crippen molar-refractivity contribution in [2.24, 2.45) is 11.3 Å². The molecule has 96 valence electrons. The van der Waals surface area contributed by atoms with E-state index in [1.807, 2.05) is 19.9 Å². The van der Waals surface area contributed by atoms with E-state index in [2.05, 4.69) is 19.9 Å². The third-order valence-electron chi connectivity index (χ3n) is 3.90. The summed E-state index contributed by atoms with van der Waals surface area (Å²) < 4.78 is 0. The predicted octanol–water partition coefficient (Wildman–Crippen LogP) is 3.27. The highest BCUT2D eigenvalue weighted by atomic mass is 16.3. The Balaban J connectivity index is 2.91. The maximum Gasteiger partial charge on any atom is 0.143 e. The molecule has 0 saturated heterocycles. The van der Waals surface area contributed by atoms with Crippen LogP contribution in [-0.4, -0.2) is 17.0 Å². The molecule has 0 aromatic rings. The largest absolute Gasteiger partial charge is 0.390 e.